The third-order valence-corrected chi connectivity index (χ3v) is 4.64. The first kappa shape index (κ1) is 14.1. The zero-order valence-corrected chi connectivity index (χ0v) is 12.7. The molecule has 0 aromatic carbocycles. The molecule has 2 aliphatic rings. The number of pyridine rings is 1. The lowest BCUT2D eigenvalue weighted by Crippen LogP contribution is -2.37. The molecule has 1 aromatic rings. The molecule has 6 heteroatoms. The van der Waals surface area contributed by atoms with Crippen molar-refractivity contribution in [3.05, 3.63) is 28.0 Å². The number of aromatic nitrogens is 1. The van der Waals surface area contributed by atoms with Gasteiger partial charge >= 0.3 is 0 Å². The molecule has 2 fully saturated rings. The molecule has 0 N–H and O–H groups in total. The molecule has 2 aliphatic heterocycles. The number of amides is 1. The Kier molecular flexibility index (Phi) is 4.15. The quantitative estimate of drug-likeness (QED) is 0.788. The number of likely N-dealkylation sites (tertiary alicyclic amines) is 2. The second kappa shape index (κ2) is 5.88. The fraction of sp³-hybridized carbons (Fsp3) is 0.571. The van der Waals surface area contributed by atoms with Crippen LogP contribution in [-0.4, -0.2) is 52.9 Å². The van der Waals surface area contributed by atoms with Crippen LogP contribution >= 0.6 is 23.2 Å². The summed E-state index contributed by atoms with van der Waals surface area (Å²) in [4.78, 5) is 20.9. The Balaban J connectivity index is 1.70. The minimum absolute atomic E-state index is 0.112. The van der Waals surface area contributed by atoms with Crippen LogP contribution in [0.3, 0.4) is 0 Å². The number of hydrogen-bond donors (Lipinski definition) is 0. The summed E-state index contributed by atoms with van der Waals surface area (Å²) in [7, 11) is 0. The van der Waals surface area contributed by atoms with E-state index in [1.807, 2.05) is 4.90 Å². The van der Waals surface area contributed by atoms with Crippen LogP contribution in [0.4, 0.5) is 0 Å². The highest BCUT2D eigenvalue weighted by Crippen LogP contribution is 2.24. The smallest absolute Gasteiger partial charge is 0.274 e. The maximum atomic E-state index is 12.5. The van der Waals surface area contributed by atoms with Crippen molar-refractivity contribution in [3.8, 4) is 0 Å². The Labute approximate surface area is 128 Å². The summed E-state index contributed by atoms with van der Waals surface area (Å²) in [6.07, 6.45) is 3.57. The number of rotatable bonds is 2. The van der Waals surface area contributed by atoms with Gasteiger partial charge in [0, 0.05) is 19.1 Å². The molecule has 0 radical (unpaired) electrons. The third-order valence-electron chi connectivity index (χ3n) is 4.12. The maximum absolute atomic E-state index is 12.5. The average Bonchev–Trinajstić information content (AvgIpc) is 3.10. The predicted molar refractivity (Wildman–Crippen MR) is 79.4 cm³/mol. The van der Waals surface area contributed by atoms with E-state index in [-0.39, 0.29) is 11.6 Å². The molecule has 0 saturated carbocycles. The third kappa shape index (κ3) is 2.78. The number of carbonyl (C=O) groups excluding carboxylic acids is 1. The van der Waals surface area contributed by atoms with Crippen LogP contribution in [0.25, 0.3) is 0 Å². The van der Waals surface area contributed by atoms with E-state index < -0.39 is 0 Å². The molecule has 3 heterocycles. The molecule has 2 saturated heterocycles. The van der Waals surface area contributed by atoms with Gasteiger partial charge in [0.2, 0.25) is 0 Å². The standard InChI is InChI=1S/C14H17Cl2N3O/c15-11-3-4-12(16)17-13(11)14(20)19-8-5-10(9-19)18-6-1-2-7-18/h3-4,10H,1-2,5-9H2. The maximum Gasteiger partial charge on any atom is 0.274 e. The summed E-state index contributed by atoms with van der Waals surface area (Å²) in [6, 6.07) is 3.70. The van der Waals surface area contributed by atoms with Gasteiger partial charge in [-0.2, -0.15) is 0 Å². The second-order valence-electron chi connectivity index (χ2n) is 5.40. The van der Waals surface area contributed by atoms with Gasteiger partial charge in [0.25, 0.3) is 5.91 Å². The zero-order chi connectivity index (χ0) is 14.1. The first-order valence-corrected chi connectivity index (χ1v) is 7.76. The van der Waals surface area contributed by atoms with Crippen molar-refractivity contribution >= 4 is 29.1 Å². The SMILES string of the molecule is O=C(c1nc(Cl)ccc1Cl)N1CCC(N2CCCC2)C1. The lowest BCUT2D eigenvalue weighted by molar-refractivity contribution is 0.0774. The van der Waals surface area contributed by atoms with Gasteiger partial charge in [0.15, 0.2) is 0 Å². The van der Waals surface area contributed by atoms with Crippen molar-refractivity contribution in [2.75, 3.05) is 26.2 Å². The molecular formula is C14H17Cl2N3O. The Morgan fingerprint density at radius 3 is 2.70 bits per heavy atom. The monoisotopic (exact) mass is 313 g/mol. The Bertz CT molecular complexity index is 517. The first-order chi connectivity index (χ1) is 9.65. The van der Waals surface area contributed by atoms with Crippen LogP contribution < -0.4 is 0 Å². The van der Waals surface area contributed by atoms with Crippen molar-refractivity contribution in [1.82, 2.24) is 14.8 Å². The van der Waals surface area contributed by atoms with E-state index in [1.165, 1.54) is 12.8 Å². The lowest BCUT2D eigenvalue weighted by atomic mass is 10.2. The van der Waals surface area contributed by atoms with E-state index >= 15 is 0 Å². The molecule has 1 unspecified atom stereocenters. The van der Waals surface area contributed by atoms with Gasteiger partial charge < -0.3 is 4.90 Å². The molecule has 4 nitrogen and oxygen atoms in total. The topological polar surface area (TPSA) is 36.4 Å². The van der Waals surface area contributed by atoms with Crippen LogP contribution in [0.5, 0.6) is 0 Å². The fourth-order valence-electron chi connectivity index (χ4n) is 3.05. The molecule has 1 atom stereocenters. The second-order valence-corrected chi connectivity index (χ2v) is 6.20. The number of halogens is 2. The van der Waals surface area contributed by atoms with Gasteiger partial charge in [-0.25, -0.2) is 4.98 Å². The summed E-state index contributed by atoms with van der Waals surface area (Å²) in [5.41, 5.74) is 0.265. The van der Waals surface area contributed by atoms with Gasteiger partial charge in [0.1, 0.15) is 10.8 Å². The van der Waals surface area contributed by atoms with Crippen molar-refractivity contribution in [2.45, 2.75) is 25.3 Å². The van der Waals surface area contributed by atoms with Crippen LogP contribution in [-0.2, 0) is 0 Å². The largest absolute Gasteiger partial charge is 0.336 e. The van der Waals surface area contributed by atoms with E-state index in [9.17, 15) is 4.79 Å². The van der Waals surface area contributed by atoms with Crippen molar-refractivity contribution < 1.29 is 4.79 Å². The Morgan fingerprint density at radius 2 is 1.95 bits per heavy atom. The van der Waals surface area contributed by atoms with E-state index in [1.54, 1.807) is 12.1 Å². The van der Waals surface area contributed by atoms with E-state index in [4.69, 9.17) is 23.2 Å². The van der Waals surface area contributed by atoms with Crippen LogP contribution in [0.1, 0.15) is 29.8 Å². The molecular weight excluding hydrogens is 297 g/mol. The van der Waals surface area contributed by atoms with Crippen molar-refractivity contribution in [3.63, 3.8) is 0 Å². The molecule has 108 valence electrons. The van der Waals surface area contributed by atoms with Crippen molar-refractivity contribution in [2.24, 2.45) is 0 Å². The van der Waals surface area contributed by atoms with Gasteiger partial charge in [0.05, 0.1) is 5.02 Å². The van der Waals surface area contributed by atoms with Gasteiger partial charge in [-0.3, -0.25) is 9.69 Å². The minimum Gasteiger partial charge on any atom is -0.336 e. The highest BCUT2D eigenvalue weighted by molar-refractivity contribution is 6.34. The van der Waals surface area contributed by atoms with E-state index in [0.29, 0.717) is 16.2 Å². The Morgan fingerprint density at radius 1 is 1.20 bits per heavy atom. The average molecular weight is 314 g/mol. The molecule has 20 heavy (non-hydrogen) atoms. The summed E-state index contributed by atoms with van der Waals surface area (Å²) in [6.45, 7) is 3.85. The van der Waals surface area contributed by atoms with E-state index in [2.05, 4.69) is 9.88 Å². The summed E-state index contributed by atoms with van der Waals surface area (Å²) >= 11 is 11.9. The summed E-state index contributed by atoms with van der Waals surface area (Å²) < 4.78 is 0. The van der Waals surface area contributed by atoms with Crippen LogP contribution in [0, 0.1) is 0 Å². The fourth-order valence-corrected chi connectivity index (χ4v) is 3.38. The van der Waals surface area contributed by atoms with Gasteiger partial charge in [-0.1, -0.05) is 23.2 Å². The first-order valence-electron chi connectivity index (χ1n) is 7.00. The van der Waals surface area contributed by atoms with Gasteiger partial charge in [-0.15, -0.1) is 0 Å². The predicted octanol–water partition coefficient (Wildman–Crippen LogP) is 2.70. The highest BCUT2D eigenvalue weighted by Gasteiger charge is 2.33. The molecule has 1 aromatic heterocycles. The number of nitrogens with zero attached hydrogens (tertiary/aromatic N) is 3. The van der Waals surface area contributed by atoms with E-state index in [0.717, 1.165) is 32.6 Å². The molecule has 3 rings (SSSR count). The molecule has 0 aliphatic carbocycles. The normalized spacial score (nSPS) is 23.5. The zero-order valence-electron chi connectivity index (χ0n) is 11.2. The Hall–Kier alpha value is -0.840. The number of hydrogen-bond acceptors (Lipinski definition) is 3. The number of carbonyl (C=O) groups is 1. The van der Waals surface area contributed by atoms with Gasteiger partial charge in [-0.05, 0) is 44.5 Å². The molecule has 1 amide bonds. The van der Waals surface area contributed by atoms with Crippen molar-refractivity contribution in [1.29, 1.82) is 0 Å². The molecule has 0 bridgehead atoms. The minimum atomic E-state index is -0.112. The van der Waals surface area contributed by atoms with Crippen LogP contribution in [0.2, 0.25) is 10.2 Å². The summed E-state index contributed by atoms with van der Waals surface area (Å²) in [5.74, 6) is -0.112. The molecule has 0 spiro atoms. The van der Waals surface area contributed by atoms with Crippen LogP contribution in [0.15, 0.2) is 12.1 Å². The summed E-state index contributed by atoms with van der Waals surface area (Å²) in [5, 5.41) is 0.664. The highest BCUT2D eigenvalue weighted by atomic mass is 35.5. The lowest BCUT2D eigenvalue weighted by Gasteiger charge is -2.23.